The summed E-state index contributed by atoms with van der Waals surface area (Å²) in [5, 5.41) is 12.9. The van der Waals surface area contributed by atoms with E-state index >= 15 is 0 Å². The number of carbonyl (C=O) groups is 1. The van der Waals surface area contributed by atoms with Crippen molar-refractivity contribution < 1.29 is 9.53 Å². The van der Waals surface area contributed by atoms with E-state index < -0.39 is 0 Å². The standard InChI is InChI=1S/C24H18BrClN2O2/c1-16-5-10-21(13-23(16)26)28-24(29)15-30-22-4-2-3-17(12-22)11-19(14-27)18-6-8-20(25)9-7-18/h2-13H,15H2,1H3,(H,28,29)/b19-11+. The Bertz CT molecular complexity index is 1130. The predicted molar refractivity (Wildman–Crippen MR) is 124 cm³/mol. The lowest BCUT2D eigenvalue weighted by molar-refractivity contribution is -0.118. The topological polar surface area (TPSA) is 62.1 Å². The number of benzene rings is 3. The largest absolute Gasteiger partial charge is 0.484 e. The van der Waals surface area contributed by atoms with Gasteiger partial charge in [-0.1, -0.05) is 57.9 Å². The van der Waals surface area contributed by atoms with Gasteiger partial charge < -0.3 is 10.1 Å². The van der Waals surface area contributed by atoms with Gasteiger partial charge in [0.15, 0.2) is 6.61 Å². The molecule has 0 aromatic heterocycles. The molecule has 0 atom stereocenters. The molecule has 0 fully saturated rings. The lowest BCUT2D eigenvalue weighted by atomic mass is 10.0. The fourth-order valence-electron chi connectivity index (χ4n) is 2.69. The van der Waals surface area contributed by atoms with E-state index in [0.717, 1.165) is 21.2 Å². The van der Waals surface area contributed by atoms with Crippen LogP contribution < -0.4 is 10.1 Å². The minimum absolute atomic E-state index is 0.142. The van der Waals surface area contributed by atoms with Crippen LogP contribution in [-0.2, 0) is 4.79 Å². The van der Waals surface area contributed by atoms with E-state index in [-0.39, 0.29) is 12.5 Å². The van der Waals surface area contributed by atoms with Gasteiger partial charge in [0, 0.05) is 15.2 Å². The van der Waals surface area contributed by atoms with Crippen LogP contribution in [0.1, 0.15) is 16.7 Å². The molecule has 3 aromatic carbocycles. The highest BCUT2D eigenvalue weighted by Gasteiger charge is 2.06. The summed E-state index contributed by atoms with van der Waals surface area (Å²) in [6.07, 6.45) is 1.78. The van der Waals surface area contributed by atoms with E-state index in [2.05, 4.69) is 27.3 Å². The number of halogens is 2. The van der Waals surface area contributed by atoms with Gasteiger partial charge in [0.25, 0.3) is 5.91 Å². The van der Waals surface area contributed by atoms with Crippen LogP contribution in [0.3, 0.4) is 0 Å². The molecule has 0 aliphatic rings. The molecule has 1 amide bonds. The van der Waals surface area contributed by atoms with Crippen molar-refractivity contribution in [3.63, 3.8) is 0 Å². The molecule has 0 aliphatic heterocycles. The molecule has 0 aliphatic carbocycles. The smallest absolute Gasteiger partial charge is 0.262 e. The monoisotopic (exact) mass is 480 g/mol. The van der Waals surface area contributed by atoms with Gasteiger partial charge in [-0.05, 0) is 66.1 Å². The third-order valence-corrected chi connectivity index (χ3v) is 5.21. The quantitative estimate of drug-likeness (QED) is 0.323. The van der Waals surface area contributed by atoms with Crippen molar-refractivity contribution in [3.05, 3.63) is 92.9 Å². The molecule has 3 aromatic rings. The molecule has 0 heterocycles. The molecule has 1 N–H and O–H groups in total. The highest BCUT2D eigenvalue weighted by atomic mass is 79.9. The summed E-state index contributed by atoms with van der Waals surface area (Å²) in [6.45, 7) is 1.75. The number of nitrogens with one attached hydrogen (secondary N) is 1. The SMILES string of the molecule is Cc1ccc(NC(=O)COc2cccc(/C=C(\C#N)c3ccc(Br)cc3)c2)cc1Cl. The van der Waals surface area contributed by atoms with Crippen molar-refractivity contribution in [2.75, 3.05) is 11.9 Å². The van der Waals surface area contributed by atoms with E-state index in [0.29, 0.717) is 22.0 Å². The molecule has 0 saturated heterocycles. The second-order valence-corrected chi connectivity index (χ2v) is 7.87. The predicted octanol–water partition coefficient (Wildman–Crippen LogP) is 6.49. The first kappa shape index (κ1) is 21.6. The van der Waals surface area contributed by atoms with Gasteiger partial charge in [-0.15, -0.1) is 0 Å². The fraction of sp³-hybridized carbons (Fsp3) is 0.0833. The first-order valence-electron chi connectivity index (χ1n) is 9.11. The van der Waals surface area contributed by atoms with Crippen LogP contribution in [0.5, 0.6) is 5.75 Å². The van der Waals surface area contributed by atoms with Crippen molar-refractivity contribution >= 4 is 50.8 Å². The number of rotatable bonds is 6. The number of ether oxygens (including phenoxy) is 1. The van der Waals surface area contributed by atoms with Crippen molar-refractivity contribution in [1.82, 2.24) is 0 Å². The van der Waals surface area contributed by atoms with E-state index in [9.17, 15) is 10.1 Å². The Morgan fingerprint density at radius 2 is 1.93 bits per heavy atom. The Hall–Kier alpha value is -3.07. The third kappa shape index (κ3) is 5.96. The Kier molecular flexibility index (Phi) is 7.29. The van der Waals surface area contributed by atoms with Gasteiger partial charge in [0.1, 0.15) is 5.75 Å². The maximum atomic E-state index is 12.2. The number of hydrogen-bond donors (Lipinski definition) is 1. The van der Waals surface area contributed by atoms with Gasteiger partial charge in [-0.2, -0.15) is 5.26 Å². The van der Waals surface area contributed by atoms with Gasteiger partial charge in [0.05, 0.1) is 11.6 Å². The molecule has 150 valence electrons. The number of anilines is 1. The molecule has 30 heavy (non-hydrogen) atoms. The van der Waals surface area contributed by atoms with E-state index in [1.54, 1.807) is 30.3 Å². The molecule has 0 saturated carbocycles. The molecule has 3 rings (SSSR count). The summed E-state index contributed by atoms with van der Waals surface area (Å²) < 4.78 is 6.56. The first-order valence-corrected chi connectivity index (χ1v) is 10.3. The first-order chi connectivity index (χ1) is 14.4. The number of amides is 1. The van der Waals surface area contributed by atoms with Crippen molar-refractivity contribution in [3.8, 4) is 11.8 Å². The van der Waals surface area contributed by atoms with Gasteiger partial charge >= 0.3 is 0 Å². The van der Waals surface area contributed by atoms with E-state index in [1.165, 1.54) is 0 Å². The number of nitriles is 1. The third-order valence-electron chi connectivity index (χ3n) is 4.27. The van der Waals surface area contributed by atoms with Crippen LogP contribution in [0.4, 0.5) is 5.69 Å². The molecular formula is C24H18BrClN2O2. The second kappa shape index (κ2) is 10.1. The van der Waals surface area contributed by atoms with E-state index in [1.807, 2.05) is 49.4 Å². The molecule has 0 spiro atoms. The van der Waals surface area contributed by atoms with Crippen LogP contribution in [0.15, 0.2) is 71.2 Å². The van der Waals surface area contributed by atoms with Crippen LogP contribution in [0.2, 0.25) is 5.02 Å². The Labute approximate surface area is 188 Å². The number of carbonyl (C=O) groups excluding carboxylic acids is 1. The molecule has 0 radical (unpaired) electrons. The summed E-state index contributed by atoms with van der Waals surface area (Å²) in [5.74, 6) is 0.248. The fourth-order valence-corrected chi connectivity index (χ4v) is 3.13. The minimum Gasteiger partial charge on any atom is -0.484 e. The summed E-state index contributed by atoms with van der Waals surface area (Å²) in [5.41, 5.74) is 3.72. The Morgan fingerprint density at radius 3 is 2.63 bits per heavy atom. The molecule has 0 unspecified atom stereocenters. The Morgan fingerprint density at radius 1 is 1.17 bits per heavy atom. The summed E-state index contributed by atoms with van der Waals surface area (Å²) >= 11 is 9.47. The normalized spacial score (nSPS) is 10.9. The maximum Gasteiger partial charge on any atom is 0.262 e. The maximum absolute atomic E-state index is 12.2. The molecular weight excluding hydrogens is 464 g/mol. The van der Waals surface area contributed by atoms with Crippen LogP contribution in [-0.4, -0.2) is 12.5 Å². The summed E-state index contributed by atoms with van der Waals surface area (Å²) in [6, 6.07) is 22.3. The van der Waals surface area contributed by atoms with Crippen LogP contribution in [0, 0.1) is 18.3 Å². The Balaban J connectivity index is 1.66. The lowest BCUT2D eigenvalue weighted by Gasteiger charge is -2.09. The van der Waals surface area contributed by atoms with Crippen LogP contribution in [0.25, 0.3) is 11.6 Å². The van der Waals surface area contributed by atoms with Crippen molar-refractivity contribution in [1.29, 1.82) is 5.26 Å². The van der Waals surface area contributed by atoms with Gasteiger partial charge in [-0.3, -0.25) is 4.79 Å². The van der Waals surface area contributed by atoms with Gasteiger partial charge in [0.2, 0.25) is 0 Å². The molecule has 4 nitrogen and oxygen atoms in total. The minimum atomic E-state index is -0.288. The zero-order valence-electron chi connectivity index (χ0n) is 16.2. The second-order valence-electron chi connectivity index (χ2n) is 6.55. The average molecular weight is 482 g/mol. The summed E-state index contributed by atoms with van der Waals surface area (Å²) in [4.78, 5) is 12.2. The van der Waals surface area contributed by atoms with Crippen molar-refractivity contribution in [2.24, 2.45) is 0 Å². The number of allylic oxidation sites excluding steroid dienone is 1. The molecule has 0 bridgehead atoms. The zero-order chi connectivity index (χ0) is 21.5. The van der Waals surface area contributed by atoms with Crippen LogP contribution >= 0.6 is 27.5 Å². The van der Waals surface area contributed by atoms with Gasteiger partial charge in [-0.25, -0.2) is 0 Å². The highest BCUT2D eigenvalue weighted by molar-refractivity contribution is 9.10. The number of nitrogens with zero attached hydrogens (tertiary/aromatic N) is 1. The number of aryl methyl sites for hydroxylation is 1. The highest BCUT2D eigenvalue weighted by Crippen LogP contribution is 2.23. The summed E-state index contributed by atoms with van der Waals surface area (Å²) in [7, 11) is 0. The average Bonchev–Trinajstić information content (AvgIpc) is 2.74. The number of hydrogen-bond acceptors (Lipinski definition) is 3. The van der Waals surface area contributed by atoms with E-state index in [4.69, 9.17) is 16.3 Å². The zero-order valence-corrected chi connectivity index (χ0v) is 18.5. The van der Waals surface area contributed by atoms with Crippen molar-refractivity contribution in [2.45, 2.75) is 6.92 Å². The lowest BCUT2D eigenvalue weighted by Crippen LogP contribution is -2.20. The molecule has 6 heteroatoms.